The molecule has 2 nitrogen and oxygen atoms in total. The number of carbonyl (C=O) groups excluding carboxylic acids is 1. The lowest BCUT2D eigenvalue weighted by molar-refractivity contribution is 0.101. The first-order valence-electron chi connectivity index (χ1n) is 7.40. The van der Waals surface area contributed by atoms with Gasteiger partial charge >= 0.3 is 0 Å². The van der Waals surface area contributed by atoms with Gasteiger partial charge in [0, 0.05) is 16.3 Å². The minimum absolute atomic E-state index is 0.0551. The van der Waals surface area contributed by atoms with Crippen molar-refractivity contribution in [1.29, 1.82) is 0 Å². The highest BCUT2D eigenvalue weighted by atomic mass is 35.5. The quantitative estimate of drug-likeness (QED) is 0.646. The second-order valence-corrected chi connectivity index (χ2v) is 5.66. The molecule has 0 heterocycles. The lowest BCUT2D eigenvalue weighted by Crippen LogP contribution is -2.13. The lowest BCUT2D eigenvalue weighted by Gasteiger charge is -2.07. The summed E-state index contributed by atoms with van der Waals surface area (Å²) in [5, 5.41) is 3.79. The molecule has 0 amide bonds. The number of ketones is 1. The van der Waals surface area contributed by atoms with Gasteiger partial charge in [-0.25, -0.2) is 0 Å². The first kappa shape index (κ1) is 15.3. The van der Waals surface area contributed by atoms with Crippen molar-refractivity contribution in [1.82, 2.24) is 0 Å². The van der Waals surface area contributed by atoms with E-state index in [1.54, 1.807) is 12.1 Å². The summed E-state index contributed by atoms with van der Waals surface area (Å²) >= 11 is 5.84. The third-order valence-electron chi connectivity index (χ3n) is 3.61. The monoisotopic (exact) mass is 321 g/mol. The van der Waals surface area contributed by atoms with Gasteiger partial charge < -0.3 is 5.32 Å². The van der Waals surface area contributed by atoms with Gasteiger partial charge in [0.15, 0.2) is 5.78 Å². The van der Waals surface area contributed by atoms with Crippen molar-refractivity contribution >= 4 is 23.1 Å². The maximum absolute atomic E-state index is 12.2. The zero-order valence-electron chi connectivity index (χ0n) is 12.5. The molecule has 0 saturated heterocycles. The number of rotatable bonds is 5. The molecule has 3 rings (SSSR count). The molecule has 0 atom stereocenters. The van der Waals surface area contributed by atoms with E-state index in [-0.39, 0.29) is 12.3 Å². The Labute approximate surface area is 140 Å². The molecule has 1 N–H and O–H groups in total. The smallest absolute Gasteiger partial charge is 0.181 e. The Kier molecular flexibility index (Phi) is 4.74. The molecule has 0 fully saturated rings. The van der Waals surface area contributed by atoms with Gasteiger partial charge in [-0.3, -0.25) is 4.79 Å². The molecule has 0 aliphatic rings. The van der Waals surface area contributed by atoms with E-state index in [0.717, 1.165) is 16.8 Å². The van der Waals surface area contributed by atoms with Crippen LogP contribution in [0.25, 0.3) is 11.1 Å². The van der Waals surface area contributed by atoms with Crippen LogP contribution in [0.2, 0.25) is 5.02 Å². The number of hydrogen-bond donors (Lipinski definition) is 1. The summed E-state index contributed by atoms with van der Waals surface area (Å²) in [4.78, 5) is 12.2. The zero-order chi connectivity index (χ0) is 16.1. The van der Waals surface area contributed by atoms with Crippen molar-refractivity contribution in [3.63, 3.8) is 0 Å². The lowest BCUT2D eigenvalue weighted by atomic mass is 10.0. The highest BCUT2D eigenvalue weighted by Gasteiger charge is 2.06. The number of anilines is 1. The van der Waals surface area contributed by atoms with Gasteiger partial charge in [-0.05, 0) is 35.4 Å². The normalized spacial score (nSPS) is 10.3. The maximum Gasteiger partial charge on any atom is 0.181 e. The van der Waals surface area contributed by atoms with Crippen molar-refractivity contribution in [2.75, 3.05) is 11.9 Å². The van der Waals surface area contributed by atoms with Crippen LogP contribution in [0.4, 0.5) is 5.69 Å². The Morgan fingerprint density at radius 1 is 0.783 bits per heavy atom. The molecule has 0 radical (unpaired) electrons. The largest absolute Gasteiger partial charge is 0.378 e. The van der Waals surface area contributed by atoms with Crippen LogP contribution in [0.5, 0.6) is 0 Å². The molecule has 3 aromatic carbocycles. The molecule has 0 spiro atoms. The highest BCUT2D eigenvalue weighted by Crippen LogP contribution is 2.19. The molecule has 3 aromatic rings. The molecule has 0 aromatic heterocycles. The fourth-order valence-corrected chi connectivity index (χ4v) is 2.46. The molecule has 0 aliphatic heterocycles. The average molecular weight is 322 g/mol. The number of benzene rings is 3. The van der Waals surface area contributed by atoms with Gasteiger partial charge in [-0.2, -0.15) is 0 Å². The van der Waals surface area contributed by atoms with Gasteiger partial charge in [0.25, 0.3) is 0 Å². The Morgan fingerprint density at radius 2 is 1.39 bits per heavy atom. The van der Waals surface area contributed by atoms with E-state index in [2.05, 4.69) is 17.4 Å². The first-order valence-corrected chi connectivity index (χ1v) is 7.78. The summed E-state index contributed by atoms with van der Waals surface area (Å²) in [6.07, 6.45) is 0. The summed E-state index contributed by atoms with van der Waals surface area (Å²) in [6, 6.07) is 25.1. The Balaban J connectivity index is 1.65. The topological polar surface area (TPSA) is 29.1 Å². The molecule has 0 saturated carbocycles. The number of carbonyl (C=O) groups is 1. The Bertz CT molecular complexity index is 780. The van der Waals surface area contributed by atoms with Crippen LogP contribution in [-0.4, -0.2) is 12.3 Å². The van der Waals surface area contributed by atoms with Crippen molar-refractivity contribution in [2.24, 2.45) is 0 Å². The van der Waals surface area contributed by atoms with E-state index < -0.39 is 0 Å². The van der Waals surface area contributed by atoms with Gasteiger partial charge in [0.2, 0.25) is 0 Å². The van der Waals surface area contributed by atoms with Crippen LogP contribution in [0.3, 0.4) is 0 Å². The van der Waals surface area contributed by atoms with Crippen LogP contribution in [0.1, 0.15) is 10.4 Å². The minimum atomic E-state index is 0.0551. The predicted molar refractivity (Wildman–Crippen MR) is 96.2 cm³/mol. The van der Waals surface area contributed by atoms with Crippen molar-refractivity contribution in [3.05, 3.63) is 89.4 Å². The maximum atomic E-state index is 12.2. The van der Waals surface area contributed by atoms with Crippen molar-refractivity contribution in [3.8, 4) is 11.1 Å². The summed E-state index contributed by atoms with van der Waals surface area (Å²) < 4.78 is 0. The first-order chi connectivity index (χ1) is 11.2. The van der Waals surface area contributed by atoms with Gasteiger partial charge in [0.05, 0.1) is 6.54 Å². The standard InChI is InChI=1S/C20H16ClNO/c21-18-10-12-19(13-11-18)22-14-20(23)17-8-6-16(7-9-17)15-4-2-1-3-5-15/h1-13,22H,14H2. The van der Waals surface area contributed by atoms with E-state index in [9.17, 15) is 4.79 Å². The van der Waals surface area contributed by atoms with Crippen LogP contribution in [0, 0.1) is 0 Å². The highest BCUT2D eigenvalue weighted by molar-refractivity contribution is 6.30. The summed E-state index contributed by atoms with van der Waals surface area (Å²) in [5.41, 5.74) is 3.83. The number of nitrogens with one attached hydrogen (secondary N) is 1. The molecule has 3 heteroatoms. The third-order valence-corrected chi connectivity index (χ3v) is 3.86. The third kappa shape index (κ3) is 3.99. The summed E-state index contributed by atoms with van der Waals surface area (Å²) in [5.74, 6) is 0.0551. The molecule has 0 unspecified atom stereocenters. The van der Waals surface area contributed by atoms with Crippen LogP contribution in [0.15, 0.2) is 78.9 Å². The van der Waals surface area contributed by atoms with Crippen molar-refractivity contribution < 1.29 is 4.79 Å². The van der Waals surface area contributed by atoms with E-state index in [0.29, 0.717) is 10.6 Å². The number of halogens is 1. The Morgan fingerprint density at radius 3 is 2.04 bits per heavy atom. The zero-order valence-corrected chi connectivity index (χ0v) is 13.3. The fraction of sp³-hybridized carbons (Fsp3) is 0.0500. The minimum Gasteiger partial charge on any atom is -0.378 e. The Hall–Kier alpha value is -2.58. The number of hydrogen-bond acceptors (Lipinski definition) is 2. The SMILES string of the molecule is O=C(CNc1ccc(Cl)cc1)c1ccc(-c2ccccc2)cc1. The predicted octanol–water partition coefficient (Wildman–Crippen LogP) is 5.30. The van der Waals surface area contributed by atoms with Gasteiger partial charge in [-0.15, -0.1) is 0 Å². The molecule has 23 heavy (non-hydrogen) atoms. The van der Waals surface area contributed by atoms with Gasteiger partial charge in [-0.1, -0.05) is 66.2 Å². The fourth-order valence-electron chi connectivity index (χ4n) is 2.33. The van der Waals surface area contributed by atoms with Crippen LogP contribution < -0.4 is 5.32 Å². The molecule has 0 aliphatic carbocycles. The van der Waals surface area contributed by atoms with Crippen molar-refractivity contribution in [2.45, 2.75) is 0 Å². The molecular formula is C20H16ClNO. The van der Waals surface area contributed by atoms with E-state index in [1.165, 1.54) is 0 Å². The molecule has 0 bridgehead atoms. The van der Waals surface area contributed by atoms with E-state index in [1.807, 2.05) is 54.6 Å². The summed E-state index contributed by atoms with van der Waals surface area (Å²) in [6.45, 7) is 0.256. The second-order valence-electron chi connectivity index (χ2n) is 5.23. The van der Waals surface area contributed by atoms with E-state index >= 15 is 0 Å². The number of Topliss-reactive ketones (excluding diaryl/α,β-unsaturated/α-hetero) is 1. The van der Waals surface area contributed by atoms with Crippen LogP contribution in [-0.2, 0) is 0 Å². The average Bonchev–Trinajstić information content (AvgIpc) is 2.62. The van der Waals surface area contributed by atoms with Gasteiger partial charge in [0.1, 0.15) is 0 Å². The summed E-state index contributed by atoms with van der Waals surface area (Å²) in [7, 11) is 0. The molecular weight excluding hydrogens is 306 g/mol. The van der Waals surface area contributed by atoms with E-state index in [4.69, 9.17) is 11.6 Å². The second kappa shape index (κ2) is 7.12. The molecule has 114 valence electrons. The van der Waals surface area contributed by atoms with Crippen LogP contribution >= 0.6 is 11.6 Å².